The van der Waals surface area contributed by atoms with Gasteiger partial charge < -0.3 is 15.4 Å². The van der Waals surface area contributed by atoms with E-state index in [1.807, 2.05) is 13.8 Å². The number of thiophene rings is 1. The summed E-state index contributed by atoms with van der Waals surface area (Å²) in [5.74, 6) is -0.0976. The molecule has 0 saturated carbocycles. The number of anilines is 2. The minimum atomic E-state index is -0.0976. The van der Waals surface area contributed by atoms with Crippen LogP contribution in [0.4, 0.5) is 10.7 Å². The third-order valence-electron chi connectivity index (χ3n) is 3.06. The lowest BCUT2D eigenvalue weighted by molar-refractivity contribution is -0.00501. The molecule has 0 amide bonds. The van der Waals surface area contributed by atoms with Crippen LogP contribution in [-0.4, -0.2) is 31.1 Å². The Morgan fingerprint density at radius 1 is 1.47 bits per heavy atom. The van der Waals surface area contributed by atoms with Gasteiger partial charge in [0.25, 0.3) is 0 Å². The van der Waals surface area contributed by atoms with E-state index < -0.39 is 0 Å². The molecule has 2 unspecified atom stereocenters. The van der Waals surface area contributed by atoms with Gasteiger partial charge in [-0.25, -0.2) is 0 Å². The summed E-state index contributed by atoms with van der Waals surface area (Å²) in [6.07, 6.45) is 0.193. The Balaban J connectivity index is 2.42. The highest BCUT2D eigenvalue weighted by Crippen LogP contribution is 2.39. The van der Waals surface area contributed by atoms with E-state index in [1.165, 1.54) is 18.3 Å². The van der Waals surface area contributed by atoms with Crippen molar-refractivity contribution < 1.29 is 9.53 Å². The first-order valence-electron chi connectivity index (χ1n) is 6.17. The first-order valence-corrected chi connectivity index (χ1v) is 6.99. The van der Waals surface area contributed by atoms with E-state index >= 15 is 0 Å². The zero-order valence-electron chi connectivity index (χ0n) is 11.3. The summed E-state index contributed by atoms with van der Waals surface area (Å²) in [6.45, 7) is 6.87. The molecule has 1 aliphatic rings. The molecular weight excluding hydrogens is 262 g/mol. The summed E-state index contributed by atoms with van der Waals surface area (Å²) in [6, 6.07) is 2.12. The van der Waals surface area contributed by atoms with Crippen LogP contribution in [-0.2, 0) is 4.74 Å². The van der Waals surface area contributed by atoms with Gasteiger partial charge in [-0.3, -0.25) is 4.79 Å². The summed E-state index contributed by atoms with van der Waals surface area (Å²) >= 11 is 1.30. The van der Waals surface area contributed by atoms with Crippen LogP contribution in [0.15, 0.2) is 0 Å². The van der Waals surface area contributed by atoms with Crippen molar-refractivity contribution in [3.8, 4) is 6.07 Å². The maximum atomic E-state index is 11.5. The van der Waals surface area contributed by atoms with Crippen molar-refractivity contribution in [2.45, 2.75) is 33.0 Å². The molecule has 0 aliphatic carbocycles. The Morgan fingerprint density at radius 3 is 2.53 bits per heavy atom. The van der Waals surface area contributed by atoms with Crippen molar-refractivity contribution >= 4 is 27.8 Å². The van der Waals surface area contributed by atoms with E-state index in [4.69, 9.17) is 10.5 Å². The highest BCUT2D eigenvalue weighted by molar-refractivity contribution is 7.19. The van der Waals surface area contributed by atoms with Gasteiger partial charge in [0.2, 0.25) is 0 Å². The molecular formula is C13H17N3O2S. The monoisotopic (exact) mass is 279 g/mol. The summed E-state index contributed by atoms with van der Waals surface area (Å²) in [5, 5.41) is 10.0. The second-order valence-electron chi connectivity index (χ2n) is 4.86. The average Bonchev–Trinajstić information content (AvgIpc) is 2.65. The molecule has 1 fully saturated rings. The van der Waals surface area contributed by atoms with Gasteiger partial charge in [-0.2, -0.15) is 5.26 Å². The van der Waals surface area contributed by atoms with Crippen molar-refractivity contribution in [3.63, 3.8) is 0 Å². The number of hydrogen-bond acceptors (Lipinski definition) is 6. The standard InChI is InChI=1S/C13H17N3O2S/c1-7-5-16(6-8(2)18-7)13-10(4-14)11(15)12(19-13)9(3)17/h7-8H,5-6,15H2,1-3H3. The number of carbonyl (C=O) groups is 1. The second kappa shape index (κ2) is 5.19. The van der Waals surface area contributed by atoms with E-state index in [2.05, 4.69) is 11.0 Å². The molecule has 0 spiro atoms. The van der Waals surface area contributed by atoms with E-state index in [9.17, 15) is 10.1 Å². The molecule has 2 N–H and O–H groups in total. The number of nitrogens with two attached hydrogens (primary N) is 1. The van der Waals surface area contributed by atoms with E-state index in [-0.39, 0.29) is 18.0 Å². The maximum Gasteiger partial charge on any atom is 0.171 e. The number of rotatable bonds is 2. The maximum absolute atomic E-state index is 11.5. The highest BCUT2D eigenvalue weighted by atomic mass is 32.1. The van der Waals surface area contributed by atoms with Gasteiger partial charge in [0.15, 0.2) is 5.78 Å². The van der Waals surface area contributed by atoms with Gasteiger partial charge >= 0.3 is 0 Å². The van der Waals surface area contributed by atoms with Gasteiger partial charge in [-0.1, -0.05) is 0 Å². The molecule has 1 saturated heterocycles. The normalized spacial score (nSPS) is 23.2. The third kappa shape index (κ3) is 2.57. The fourth-order valence-corrected chi connectivity index (χ4v) is 3.45. The molecule has 2 heterocycles. The lowest BCUT2D eigenvalue weighted by Gasteiger charge is -2.36. The fraction of sp³-hybridized carbons (Fsp3) is 0.538. The molecule has 1 aromatic heterocycles. The Hall–Kier alpha value is -1.58. The quantitative estimate of drug-likeness (QED) is 0.838. The lowest BCUT2D eigenvalue weighted by Crippen LogP contribution is -2.45. The van der Waals surface area contributed by atoms with Crippen molar-refractivity contribution in [2.75, 3.05) is 23.7 Å². The molecule has 102 valence electrons. The van der Waals surface area contributed by atoms with E-state index in [1.54, 1.807) is 0 Å². The van der Waals surface area contributed by atoms with Crippen LogP contribution >= 0.6 is 11.3 Å². The van der Waals surface area contributed by atoms with Crippen LogP contribution in [0.5, 0.6) is 0 Å². The Morgan fingerprint density at radius 2 is 2.05 bits per heavy atom. The number of hydrogen-bond donors (Lipinski definition) is 1. The second-order valence-corrected chi connectivity index (χ2v) is 5.85. The molecule has 2 rings (SSSR count). The van der Waals surface area contributed by atoms with Gasteiger partial charge in [0.05, 0.1) is 22.8 Å². The first-order chi connectivity index (χ1) is 8.93. The minimum Gasteiger partial charge on any atom is -0.396 e. The zero-order chi connectivity index (χ0) is 14.2. The Bertz CT molecular complexity index is 537. The number of Topliss-reactive ketones (excluding diaryl/α,β-unsaturated/α-hetero) is 1. The number of nitrogens with zero attached hydrogens (tertiary/aromatic N) is 2. The van der Waals surface area contributed by atoms with Gasteiger partial charge in [-0.15, -0.1) is 11.3 Å². The van der Waals surface area contributed by atoms with Gasteiger partial charge in [-0.05, 0) is 13.8 Å². The predicted octanol–water partition coefficient (Wildman–Crippen LogP) is 2.02. The van der Waals surface area contributed by atoms with Gasteiger partial charge in [0.1, 0.15) is 16.6 Å². The lowest BCUT2D eigenvalue weighted by atomic mass is 10.2. The third-order valence-corrected chi connectivity index (χ3v) is 4.43. The summed E-state index contributed by atoms with van der Waals surface area (Å²) in [7, 11) is 0. The molecule has 1 aromatic rings. The fourth-order valence-electron chi connectivity index (χ4n) is 2.37. The van der Waals surface area contributed by atoms with E-state index in [0.717, 1.165) is 5.00 Å². The minimum absolute atomic E-state index is 0.0967. The topological polar surface area (TPSA) is 79.3 Å². The molecule has 2 atom stereocenters. The number of nitrogen functional groups attached to an aromatic ring is 1. The Labute approximate surface area is 116 Å². The Kier molecular flexibility index (Phi) is 3.78. The smallest absolute Gasteiger partial charge is 0.171 e. The molecule has 0 radical (unpaired) electrons. The van der Waals surface area contributed by atoms with Crippen LogP contribution in [0.3, 0.4) is 0 Å². The number of ether oxygens (including phenoxy) is 1. The van der Waals surface area contributed by atoms with Crippen molar-refractivity contribution in [1.29, 1.82) is 5.26 Å². The van der Waals surface area contributed by atoms with E-state index in [0.29, 0.717) is 29.2 Å². The number of nitriles is 1. The molecule has 6 heteroatoms. The zero-order valence-corrected chi connectivity index (χ0v) is 12.1. The van der Waals surface area contributed by atoms with Crippen molar-refractivity contribution in [2.24, 2.45) is 0 Å². The molecule has 1 aliphatic heterocycles. The molecule has 19 heavy (non-hydrogen) atoms. The predicted molar refractivity (Wildman–Crippen MR) is 75.7 cm³/mol. The summed E-state index contributed by atoms with van der Waals surface area (Å²) in [4.78, 5) is 14.1. The molecule has 5 nitrogen and oxygen atoms in total. The number of ketones is 1. The van der Waals surface area contributed by atoms with Crippen LogP contribution in [0.2, 0.25) is 0 Å². The SMILES string of the molecule is CC(=O)c1sc(N2CC(C)OC(C)C2)c(C#N)c1N. The van der Waals surface area contributed by atoms with Crippen LogP contribution in [0.1, 0.15) is 36.0 Å². The van der Waals surface area contributed by atoms with Crippen LogP contribution in [0, 0.1) is 11.3 Å². The summed E-state index contributed by atoms with van der Waals surface area (Å²) in [5.41, 5.74) is 6.62. The molecule has 0 bridgehead atoms. The average molecular weight is 279 g/mol. The number of morpholine rings is 1. The van der Waals surface area contributed by atoms with Crippen molar-refractivity contribution in [1.82, 2.24) is 0 Å². The molecule has 0 aromatic carbocycles. The number of carbonyl (C=O) groups excluding carboxylic acids is 1. The van der Waals surface area contributed by atoms with Crippen molar-refractivity contribution in [3.05, 3.63) is 10.4 Å². The van der Waals surface area contributed by atoms with Gasteiger partial charge in [0, 0.05) is 20.0 Å². The van der Waals surface area contributed by atoms with Crippen LogP contribution < -0.4 is 10.6 Å². The van der Waals surface area contributed by atoms with Crippen LogP contribution in [0.25, 0.3) is 0 Å². The largest absolute Gasteiger partial charge is 0.396 e. The highest BCUT2D eigenvalue weighted by Gasteiger charge is 2.28. The first kappa shape index (κ1) is 13.8. The summed E-state index contributed by atoms with van der Waals surface area (Å²) < 4.78 is 5.68.